The molecule has 2 aliphatic rings. The first kappa shape index (κ1) is 19.5. The maximum absolute atomic E-state index is 6.07. The van der Waals surface area contributed by atoms with Gasteiger partial charge >= 0.3 is 0 Å². The van der Waals surface area contributed by atoms with Gasteiger partial charge in [-0.15, -0.1) is 0 Å². The number of likely N-dealkylation sites (N-methyl/N-ethyl adjacent to an activating group) is 1. The van der Waals surface area contributed by atoms with Gasteiger partial charge in [0.2, 0.25) is 0 Å². The zero-order chi connectivity index (χ0) is 17.6. The van der Waals surface area contributed by atoms with Gasteiger partial charge in [-0.1, -0.05) is 27.7 Å². The van der Waals surface area contributed by atoms with Gasteiger partial charge in [-0.2, -0.15) is 0 Å². The highest BCUT2D eigenvalue weighted by atomic mass is 16.5. The number of guanidine groups is 1. The van der Waals surface area contributed by atoms with Gasteiger partial charge in [-0.05, 0) is 37.6 Å². The number of hydrogen-bond donors (Lipinski definition) is 2. The number of rotatable bonds is 7. The lowest BCUT2D eigenvalue weighted by Gasteiger charge is -2.40. The summed E-state index contributed by atoms with van der Waals surface area (Å²) in [5.74, 6) is 1.47. The van der Waals surface area contributed by atoms with Crippen LogP contribution in [0.25, 0.3) is 0 Å². The molecule has 0 bridgehead atoms. The number of nitrogens with zero attached hydrogens (tertiary/aromatic N) is 2. The van der Waals surface area contributed by atoms with Gasteiger partial charge in [0.05, 0.1) is 6.10 Å². The van der Waals surface area contributed by atoms with Gasteiger partial charge in [-0.3, -0.25) is 9.89 Å². The van der Waals surface area contributed by atoms with Crippen LogP contribution in [0.2, 0.25) is 0 Å². The number of nitrogens with one attached hydrogen (secondary N) is 2. The van der Waals surface area contributed by atoms with Gasteiger partial charge in [-0.25, -0.2) is 0 Å². The first-order chi connectivity index (χ1) is 11.5. The van der Waals surface area contributed by atoms with E-state index in [0.717, 1.165) is 51.2 Å². The molecule has 0 aromatic rings. The fourth-order valence-corrected chi connectivity index (χ4v) is 3.81. The molecule has 2 unspecified atom stereocenters. The molecule has 0 spiro atoms. The Labute approximate surface area is 148 Å². The Balaban J connectivity index is 1.73. The molecule has 1 saturated heterocycles. The molecule has 0 amide bonds. The van der Waals surface area contributed by atoms with Crippen LogP contribution in [0.3, 0.4) is 0 Å². The van der Waals surface area contributed by atoms with E-state index in [9.17, 15) is 0 Å². The molecule has 2 fully saturated rings. The summed E-state index contributed by atoms with van der Waals surface area (Å²) in [5.41, 5.74) is 0.190. The summed E-state index contributed by atoms with van der Waals surface area (Å²) in [5, 5.41) is 6.98. The van der Waals surface area contributed by atoms with E-state index in [-0.39, 0.29) is 5.41 Å². The SMILES string of the molecule is CCN(CCNC(=NC)NCC1CCCOC1C(C)(C)C)C1CC1. The molecule has 0 radical (unpaired) electrons. The lowest BCUT2D eigenvalue weighted by molar-refractivity contribution is -0.0835. The fourth-order valence-electron chi connectivity index (χ4n) is 3.81. The van der Waals surface area contributed by atoms with E-state index in [1.165, 1.54) is 19.3 Å². The summed E-state index contributed by atoms with van der Waals surface area (Å²) >= 11 is 0. The summed E-state index contributed by atoms with van der Waals surface area (Å²) in [7, 11) is 1.85. The molecule has 2 rings (SSSR count). The van der Waals surface area contributed by atoms with Crippen molar-refractivity contribution >= 4 is 5.96 Å². The highest BCUT2D eigenvalue weighted by molar-refractivity contribution is 5.79. The summed E-state index contributed by atoms with van der Waals surface area (Å²) in [4.78, 5) is 6.94. The third kappa shape index (κ3) is 5.92. The molecule has 1 saturated carbocycles. The van der Waals surface area contributed by atoms with Gasteiger partial charge in [0, 0.05) is 45.2 Å². The highest BCUT2D eigenvalue weighted by Gasteiger charge is 2.35. The van der Waals surface area contributed by atoms with Crippen molar-refractivity contribution < 1.29 is 4.74 Å². The zero-order valence-corrected chi connectivity index (χ0v) is 16.4. The Kier molecular flexibility index (Phi) is 7.35. The van der Waals surface area contributed by atoms with Crippen molar-refractivity contribution in [2.24, 2.45) is 16.3 Å². The van der Waals surface area contributed by atoms with Crippen LogP contribution >= 0.6 is 0 Å². The fraction of sp³-hybridized carbons (Fsp3) is 0.947. The molecular formula is C19H38N4O. The Morgan fingerprint density at radius 1 is 1.21 bits per heavy atom. The van der Waals surface area contributed by atoms with Crippen molar-refractivity contribution in [3.05, 3.63) is 0 Å². The molecule has 0 aromatic heterocycles. The van der Waals surface area contributed by atoms with E-state index in [1.54, 1.807) is 0 Å². The van der Waals surface area contributed by atoms with Crippen molar-refractivity contribution in [1.82, 2.24) is 15.5 Å². The second kappa shape index (κ2) is 9.04. The standard InChI is InChI=1S/C19H38N4O/c1-6-23(16-9-10-16)12-11-21-18(20-5)22-14-15-8-7-13-24-17(15)19(2,3)4/h15-17H,6-14H2,1-5H3,(H2,20,21,22). The number of ether oxygens (including phenoxy) is 1. The number of hydrogen-bond acceptors (Lipinski definition) is 3. The molecule has 1 heterocycles. The molecule has 2 atom stereocenters. The molecule has 24 heavy (non-hydrogen) atoms. The first-order valence-electron chi connectivity index (χ1n) is 9.76. The Bertz CT molecular complexity index is 401. The molecular weight excluding hydrogens is 300 g/mol. The van der Waals surface area contributed by atoms with E-state index < -0.39 is 0 Å². The van der Waals surface area contributed by atoms with Crippen molar-refractivity contribution in [3.63, 3.8) is 0 Å². The third-order valence-electron chi connectivity index (χ3n) is 5.21. The van der Waals surface area contributed by atoms with E-state index in [2.05, 4.69) is 48.2 Å². The van der Waals surface area contributed by atoms with Gasteiger partial charge in [0.1, 0.15) is 0 Å². The minimum atomic E-state index is 0.190. The molecule has 5 nitrogen and oxygen atoms in total. The van der Waals surface area contributed by atoms with Crippen LogP contribution < -0.4 is 10.6 Å². The zero-order valence-electron chi connectivity index (χ0n) is 16.4. The summed E-state index contributed by atoms with van der Waals surface area (Å²) in [6.45, 7) is 14.1. The van der Waals surface area contributed by atoms with E-state index >= 15 is 0 Å². The van der Waals surface area contributed by atoms with Gasteiger partial charge in [0.25, 0.3) is 0 Å². The van der Waals surface area contributed by atoms with Crippen LogP contribution in [0, 0.1) is 11.3 Å². The van der Waals surface area contributed by atoms with E-state index in [1.807, 2.05) is 7.05 Å². The van der Waals surface area contributed by atoms with Crippen LogP contribution in [0.1, 0.15) is 53.4 Å². The Morgan fingerprint density at radius 3 is 2.54 bits per heavy atom. The van der Waals surface area contributed by atoms with Gasteiger partial charge < -0.3 is 15.4 Å². The predicted molar refractivity (Wildman–Crippen MR) is 102 cm³/mol. The first-order valence-corrected chi connectivity index (χ1v) is 9.76. The van der Waals surface area contributed by atoms with Crippen molar-refractivity contribution in [3.8, 4) is 0 Å². The van der Waals surface area contributed by atoms with Crippen LogP contribution in [0.5, 0.6) is 0 Å². The topological polar surface area (TPSA) is 48.9 Å². The predicted octanol–water partition coefficient (Wildman–Crippen LogP) is 2.48. The molecule has 0 aromatic carbocycles. The van der Waals surface area contributed by atoms with E-state index in [0.29, 0.717) is 12.0 Å². The van der Waals surface area contributed by atoms with Crippen LogP contribution in [0.15, 0.2) is 4.99 Å². The monoisotopic (exact) mass is 338 g/mol. The third-order valence-corrected chi connectivity index (χ3v) is 5.21. The smallest absolute Gasteiger partial charge is 0.191 e. The minimum absolute atomic E-state index is 0.190. The average Bonchev–Trinajstić information content (AvgIpc) is 3.38. The van der Waals surface area contributed by atoms with Crippen molar-refractivity contribution in [2.45, 2.75) is 65.5 Å². The maximum Gasteiger partial charge on any atom is 0.191 e. The van der Waals surface area contributed by atoms with Crippen LogP contribution in [0.4, 0.5) is 0 Å². The quantitative estimate of drug-likeness (QED) is 0.553. The van der Waals surface area contributed by atoms with E-state index in [4.69, 9.17) is 4.74 Å². The Morgan fingerprint density at radius 2 is 1.96 bits per heavy atom. The summed E-state index contributed by atoms with van der Waals surface area (Å²) < 4.78 is 6.07. The molecule has 2 N–H and O–H groups in total. The second-order valence-corrected chi connectivity index (χ2v) is 8.30. The van der Waals surface area contributed by atoms with Gasteiger partial charge in [0.15, 0.2) is 5.96 Å². The van der Waals surface area contributed by atoms with Crippen LogP contribution in [-0.4, -0.2) is 62.8 Å². The molecule has 5 heteroatoms. The minimum Gasteiger partial charge on any atom is -0.377 e. The van der Waals surface area contributed by atoms with Crippen molar-refractivity contribution in [2.75, 3.05) is 39.8 Å². The normalized spacial score (nSPS) is 25.8. The van der Waals surface area contributed by atoms with Crippen LogP contribution in [-0.2, 0) is 4.74 Å². The largest absolute Gasteiger partial charge is 0.377 e. The number of aliphatic imine (C=N–C) groups is 1. The lowest BCUT2D eigenvalue weighted by Crippen LogP contribution is -2.48. The second-order valence-electron chi connectivity index (χ2n) is 8.30. The Hall–Kier alpha value is -0.810. The average molecular weight is 339 g/mol. The van der Waals surface area contributed by atoms with Crippen molar-refractivity contribution in [1.29, 1.82) is 0 Å². The molecule has 1 aliphatic carbocycles. The summed E-state index contributed by atoms with van der Waals surface area (Å²) in [6, 6.07) is 0.832. The lowest BCUT2D eigenvalue weighted by atomic mass is 9.78. The summed E-state index contributed by atoms with van der Waals surface area (Å²) in [6.07, 6.45) is 5.46. The molecule has 140 valence electrons. The maximum atomic E-state index is 6.07. The molecule has 1 aliphatic heterocycles. The highest BCUT2D eigenvalue weighted by Crippen LogP contribution is 2.33.